The predicted molar refractivity (Wildman–Crippen MR) is 73.5 cm³/mol. The van der Waals surface area contributed by atoms with Crippen molar-refractivity contribution >= 4 is 11.3 Å². The lowest BCUT2D eigenvalue weighted by Gasteiger charge is -2.20. The summed E-state index contributed by atoms with van der Waals surface area (Å²) in [5, 5.41) is 11.2. The lowest BCUT2D eigenvalue weighted by Crippen LogP contribution is -2.26. The van der Waals surface area contributed by atoms with Crippen LogP contribution < -0.4 is 0 Å². The summed E-state index contributed by atoms with van der Waals surface area (Å²) >= 11 is 1.75. The number of imidazole rings is 1. The Morgan fingerprint density at radius 1 is 1.44 bits per heavy atom. The molecule has 0 aromatic carbocycles. The summed E-state index contributed by atoms with van der Waals surface area (Å²) in [5.74, 6) is 1.02. The highest BCUT2D eigenvalue weighted by Gasteiger charge is 2.10. The van der Waals surface area contributed by atoms with Gasteiger partial charge in [-0.25, -0.2) is 4.98 Å². The molecule has 0 saturated carbocycles. The van der Waals surface area contributed by atoms with Gasteiger partial charge in [-0.3, -0.25) is 4.90 Å². The lowest BCUT2D eigenvalue weighted by molar-refractivity contribution is 0.183. The molecule has 0 atom stereocenters. The van der Waals surface area contributed by atoms with Gasteiger partial charge in [0.05, 0.1) is 12.3 Å². The van der Waals surface area contributed by atoms with Crippen LogP contribution in [0.4, 0.5) is 0 Å². The summed E-state index contributed by atoms with van der Waals surface area (Å²) in [6.45, 7) is 4.56. The summed E-state index contributed by atoms with van der Waals surface area (Å²) in [7, 11) is 2.03. The molecular formula is C13H19N3OS. The summed E-state index contributed by atoms with van der Waals surface area (Å²) in [5.41, 5.74) is 1.18. The summed E-state index contributed by atoms with van der Waals surface area (Å²) < 4.78 is 2.10. The molecule has 1 N–H and O–H groups in total. The summed E-state index contributed by atoms with van der Waals surface area (Å²) in [4.78, 5) is 7.86. The first-order chi connectivity index (χ1) is 8.70. The van der Waals surface area contributed by atoms with E-state index in [0.717, 1.165) is 18.9 Å². The van der Waals surface area contributed by atoms with E-state index in [1.165, 1.54) is 10.6 Å². The van der Waals surface area contributed by atoms with Gasteiger partial charge in [0, 0.05) is 37.8 Å². The molecule has 4 nitrogen and oxygen atoms in total. The van der Waals surface area contributed by atoms with Crippen LogP contribution in [0.2, 0.25) is 0 Å². The highest BCUT2D eigenvalue weighted by molar-refractivity contribution is 7.09. The minimum Gasteiger partial charge on any atom is -0.395 e. The van der Waals surface area contributed by atoms with Gasteiger partial charge < -0.3 is 9.67 Å². The Labute approximate surface area is 112 Å². The highest BCUT2D eigenvalue weighted by atomic mass is 32.1. The number of aromatic nitrogens is 2. The van der Waals surface area contributed by atoms with Crippen molar-refractivity contribution in [2.24, 2.45) is 7.05 Å². The third-order valence-electron chi connectivity index (χ3n) is 3.08. The largest absolute Gasteiger partial charge is 0.395 e. The fraction of sp³-hybridized carbons (Fsp3) is 0.462. The van der Waals surface area contributed by atoms with E-state index >= 15 is 0 Å². The smallest absolute Gasteiger partial charge is 0.105 e. The van der Waals surface area contributed by atoms with Gasteiger partial charge in [-0.05, 0) is 18.4 Å². The average Bonchev–Trinajstić information content (AvgIpc) is 2.95. The summed E-state index contributed by atoms with van der Waals surface area (Å²) in [6, 6.07) is 4.19. The second-order valence-electron chi connectivity index (χ2n) is 4.37. The quantitative estimate of drug-likeness (QED) is 0.865. The van der Waals surface area contributed by atoms with Crippen LogP contribution in [0.15, 0.2) is 23.7 Å². The molecule has 0 amide bonds. The topological polar surface area (TPSA) is 41.3 Å². The Morgan fingerprint density at radius 3 is 2.83 bits per heavy atom. The van der Waals surface area contributed by atoms with Crippen molar-refractivity contribution in [2.75, 3.05) is 13.2 Å². The molecule has 2 rings (SSSR count). The van der Waals surface area contributed by atoms with Crippen molar-refractivity contribution in [1.82, 2.24) is 14.5 Å². The minimum atomic E-state index is 0.183. The van der Waals surface area contributed by atoms with Crippen LogP contribution >= 0.6 is 11.3 Å². The van der Waals surface area contributed by atoms with Crippen molar-refractivity contribution < 1.29 is 5.11 Å². The number of rotatable bonds is 6. The standard InChI is InChI=1S/C13H19N3OS/c1-11-14-8-12(15(11)2)9-16(5-6-17)10-13-4-3-7-18-13/h3-4,7-8,17H,5-6,9-10H2,1-2H3. The second kappa shape index (κ2) is 6.13. The molecule has 2 heterocycles. The van der Waals surface area contributed by atoms with Crippen molar-refractivity contribution in [3.8, 4) is 0 Å². The SMILES string of the molecule is Cc1ncc(CN(CCO)Cc2cccs2)n1C. The molecule has 2 aromatic rings. The van der Waals surface area contributed by atoms with Gasteiger partial charge in [-0.2, -0.15) is 0 Å². The zero-order chi connectivity index (χ0) is 13.0. The van der Waals surface area contributed by atoms with Crippen LogP contribution in [0.5, 0.6) is 0 Å². The van der Waals surface area contributed by atoms with Crippen LogP contribution in [0.1, 0.15) is 16.4 Å². The zero-order valence-electron chi connectivity index (χ0n) is 10.8. The fourth-order valence-corrected chi connectivity index (χ4v) is 2.65. The van der Waals surface area contributed by atoms with Crippen LogP contribution in [-0.4, -0.2) is 32.7 Å². The van der Waals surface area contributed by atoms with Gasteiger partial charge in [0.1, 0.15) is 5.82 Å². The van der Waals surface area contributed by atoms with Gasteiger partial charge >= 0.3 is 0 Å². The first-order valence-electron chi connectivity index (χ1n) is 6.03. The Hall–Kier alpha value is -1.17. The number of aliphatic hydroxyl groups is 1. The van der Waals surface area contributed by atoms with E-state index in [9.17, 15) is 0 Å². The number of nitrogens with zero attached hydrogens (tertiary/aromatic N) is 3. The number of hydrogen-bond donors (Lipinski definition) is 1. The third kappa shape index (κ3) is 3.19. The van der Waals surface area contributed by atoms with E-state index < -0.39 is 0 Å². The van der Waals surface area contributed by atoms with E-state index in [2.05, 4.69) is 32.0 Å². The fourth-order valence-electron chi connectivity index (χ4n) is 1.90. The number of hydrogen-bond acceptors (Lipinski definition) is 4. The maximum absolute atomic E-state index is 9.16. The van der Waals surface area contributed by atoms with Crippen LogP contribution in [-0.2, 0) is 20.1 Å². The Kier molecular flexibility index (Phi) is 4.52. The molecular weight excluding hydrogens is 246 g/mol. The van der Waals surface area contributed by atoms with E-state index in [1.54, 1.807) is 11.3 Å². The van der Waals surface area contributed by atoms with E-state index in [1.807, 2.05) is 20.2 Å². The number of aliphatic hydroxyl groups excluding tert-OH is 1. The van der Waals surface area contributed by atoms with Gasteiger partial charge in [0.2, 0.25) is 0 Å². The molecule has 0 saturated heterocycles. The molecule has 0 aliphatic carbocycles. The first kappa shape index (κ1) is 13.3. The minimum absolute atomic E-state index is 0.183. The van der Waals surface area contributed by atoms with Gasteiger partial charge in [0.15, 0.2) is 0 Å². The van der Waals surface area contributed by atoms with Crippen molar-refractivity contribution in [2.45, 2.75) is 20.0 Å². The molecule has 0 aliphatic rings. The molecule has 0 radical (unpaired) electrons. The van der Waals surface area contributed by atoms with E-state index in [-0.39, 0.29) is 6.61 Å². The van der Waals surface area contributed by atoms with E-state index in [0.29, 0.717) is 6.54 Å². The van der Waals surface area contributed by atoms with E-state index in [4.69, 9.17) is 5.11 Å². The maximum Gasteiger partial charge on any atom is 0.105 e. The van der Waals surface area contributed by atoms with Crippen LogP contribution in [0.3, 0.4) is 0 Å². The highest BCUT2D eigenvalue weighted by Crippen LogP contribution is 2.14. The third-order valence-corrected chi connectivity index (χ3v) is 3.94. The molecule has 98 valence electrons. The molecule has 0 bridgehead atoms. The Bertz CT molecular complexity index is 478. The van der Waals surface area contributed by atoms with Crippen LogP contribution in [0, 0.1) is 6.92 Å². The Balaban J connectivity index is 2.04. The Morgan fingerprint density at radius 2 is 2.28 bits per heavy atom. The average molecular weight is 265 g/mol. The van der Waals surface area contributed by atoms with Crippen LogP contribution in [0.25, 0.3) is 0 Å². The first-order valence-corrected chi connectivity index (χ1v) is 6.91. The van der Waals surface area contributed by atoms with Gasteiger partial charge in [-0.1, -0.05) is 6.07 Å². The summed E-state index contributed by atoms with van der Waals surface area (Å²) in [6.07, 6.45) is 1.91. The zero-order valence-corrected chi connectivity index (χ0v) is 11.7. The second-order valence-corrected chi connectivity index (χ2v) is 5.40. The molecule has 2 aromatic heterocycles. The molecule has 0 unspecified atom stereocenters. The maximum atomic E-state index is 9.16. The molecule has 0 spiro atoms. The molecule has 18 heavy (non-hydrogen) atoms. The number of thiophene rings is 1. The monoisotopic (exact) mass is 265 g/mol. The van der Waals surface area contributed by atoms with Crippen molar-refractivity contribution in [3.05, 3.63) is 40.1 Å². The molecule has 0 fully saturated rings. The van der Waals surface area contributed by atoms with Gasteiger partial charge in [-0.15, -0.1) is 11.3 Å². The number of aryl methyl sites for hydroxylation is 1. The van der Waals surface area contributed by atoms with Crippen molar-refractivity contribution in [1.29, 1.82) is 0 Å². The molecule has 0 aliphatic heterocycles. The predicted octanol–water partition coefficient (Wildman–Crippen LogP) is 1.78. The lowest BCUT2D eigenvalue weighted by atomic mass is 10.3. The normalized spacial score (nSPS) is 11.3. The molecule has 5 heteroatoms. The van der Waals surface area contributed by atoms with Gasteiger partial charge in [0.25, 0.3) is 0 Å². The van der Waals surface area contributed by atoms with Crippen molar-refractivity contribution in [3.63, 3.8) is 0 Å².